The minimum atomic E-state index is -1.02. The molecule has 0 spiro atoms. The zero-order valence-corrected chi connectivity index (χ0v) is 23.1. The maximum atomic E-state index is 13.7. The van der Waals surface area contributed by atoms with Gasteiger partial charge in [-0.1, -0.05) is 84.9 Å². The molecule has 1 aliphatic rings. The van der Waals surface area contributed by atoms with E-state index in [2.05, 4.69) is 78.8 Å². The second kappa shape index (κ2) is 9.48. The summed E-state index contributed by atoms with van der Waals surface area (Å²) >= 11 is 0. The number of benzene rings is 3. The Kier molecular flexibility index (Phi) is 6.83. The predicted molar refractivity (Wildman–Crippen MR) is 148 cm³/mol. The average molecular weight is 499 g/mol. The fourth-order valence-corrected chi connectivity index (χ4v) is 5.07. The molecule has 37 heavy (non-hydrogen) atoms. The molecule has 0 saturated carbocycles. The molecule has 0 radical (unpaired) electrons. The molecule has 0 bridgehead atoms. The fraction of sp³-hybridized carbons (Fsp3) is 0.394. The smallest absolute Gasteiger partial charge is 0.335 e. The molecule has 1 aliphatic carbocycles. The first-order valence-electron chi connectivity index (χ1n) is 13.0. The number of rotatable bonds is 6. The average Bonchev–Trinajstić information content (AvgIpc) is 2.84. The van der Waals surface area contributed by atoms with E-state index >= 15 is 0 Å². The molecule has 0 heterocycles. The Hall–Kier alpha value is -3.40. The first-order chi connectivity index (χ1) is 17.2. The normalized spacial score (nSPS) is 16.1. The van der Waals surface area contributed by atoms with Gasteiger partial charge < -0.3 is 9.84 Å². The lowest BCUT2D eigenvalue weighted by atomic mass is 9.62. The van der Waals surface area contributed by atoms with Crippen LogP contribution in [0.4, 0.5) is 0 Å². The molecule has 0 unspecified atom stereocenters. The van der Waals surface area contributed by atoms with E-state index in [-0.39, 0.29) is 27.6 Å². The number of carboxylic acids is 1. The van der Waals surface area contributed by atoms with Crippen molar-refractivity contribution in [3.05, 3.63) is 99.6 Å². The second-order valence-electron chi connectivity index (χ2n) is 12.6. The van der Waals surface area contributed by atoms with E-state index in [4.69, 9.17) is 4.74 Å². The molecule has 0 saturated heterocycles. The summed E-state index contributed by atoms with van der Waals surface area (Å²) < 4.78 is 6.37. The Balaban J connectivity index is 1.75. The van der Waals surface area contributed by atoms with E-state index in [1.54, 1.807) is 12.1 Å². The summed E-state index contributed by atoms with van der Waals surface area (Å²) in [5.74, 6) is -0.619. The molecule has 0 atom stereocenters. The monoisotopic (exact) mass is 498 g/mol. The number of carboxylic acid groups (broad SMARTS) is 1. The Labute approximate surface area is 220 Å². The van der Waals surface area contributed by atoms with Crippen LogP contribution in [0.1, 0.15) is 110 Å². The number of aromatic carboxylic acids is 1. The summed E-state index contributed by atoms with van der Waals surface area (Å²) in [6.07, 6.45) is 2.10. The molecule has 4 heteroatoms. The van der Waals surface area contributed by atoms with Crippen LogP contribution >= 0.6 is 0 Å². The van der Waals surface area contributed by atoms with Crippen molar-refractivity contribution in [2.45, 2.75) is 84.2 Å². The number of hydrogen-bond acceptors (Lipinski definition) is 3. The standard InChI is InChI=1S/C33H38O4/c1-31(2,3)24-14-8-21(9-15-24)20-37-28-19-27-26(32(4,5)16-17-33(27,6)7)18-25(28)29(34)22-10-12-23(13-11-22)30(35)36/h8-15,18-19H,16-17,20H2,1-7H3,(H,35,36). The third-order valence-electron chi connectivity index (χ3n) is 7.81. The highest BCUT2D eigenvalue weighted by molar-refractivity contribution is 6.11. The summed E-state index contributed by atoms with van der Waals surface area (Å²) in [4.78, 5) is 25.0. The lowest BCUT2D eigenvalue weighted by Crippen LogP contribution is -2.34. The molecule has 0 fully saturated rings. The Morgan fingerprint density at radius 3 is 1.84 bits per heavy atom. The van der Waals surface area contributed by atoms with Crippen molar-refractivity contribution < 1.29 is 19.4 Å². The summed E-state index contributed by atoms with van der Waals surface area (Å²) in [5.41, 5.74) is 5.79. The number of carbonyl (C=O) groups excluding carboxylic acids is 1. The summed E-state index contributed by atoms with van der Waals surface area (Å²) in [5, 5.41) is 9.25. The van der Waals surface area contributed by atoms with Crippen LogP contribution < -0.4 is 4.74 Å². The van der Waals surface area contributed by atoms with E-state index in [9.17, 15) is 14.7 Å². The number of carbonyl (C=O) groups is 2. The van der Waals surface area contributed by atoms with Crippen molar-refractivity contribution in [1.29, 1.82) is 0 Å². The van der Waals surface area contributed by atoms with Crippen LogP contribution in [0.5, 0.6) is 5.75 Å². The van der Waals surface area contributed by atoms with Gasteiger partial charge in [0.25, 0.3) is 0 Å². The molecule has 3 aromatic carbocycles. The summed E-state index contributed by atoms with van der Waals surface area (Å²) in [6, 6.07) is 18.6. The van der Waals surface area contributed by atoms with Gasteiger partial charge in [-0.15, -0.1) is 0 Å². The fourth-order valence-electron chi connectivity index (χ4n) is 5.07. The van der Waals surface area contributed by atoms with Gasteiger partial charge in [0.05, 0.1) is 11.1 Å². The second-order valence-corrected chi connectivity index (χ2v) is 12.6. The highest BCUT2D eigenvalue weighted by atomic mass is 16.5. The van der Waals surface area contributed by atoms with Gasteiger partial charge in [-0.05, 0) is 75.6 Å². The van der Waals surface area contributed by atoms with Gasteiger partial charge in [-0.3, -0.25) is 4.79 Å². The van der Waals surface area contributed by atoms with Crippen LogP contribution in [-0.4, -0.2) is 16.9 Å². The minimum Gasteiger partial charge on any atom is -0.488 e. The molecule has 0 aliphatic heterocycles. The van der Waals surface area contributed by atoms with Crippen LogP contribution in [-0.2, 0) is 22.9 Å². The van der Waals surface area contributed by atoms with Gasteiger partial charge in [-0.2, -0.15) is 0 Å². The number of ether oxygens (including phenoxy) is 1. The quantitative estimate of drug-likeness (QED) is 0.352. The zero-order chi connectivity index (χ0) is 27.2. The van der Waals surface area contributed by atoms with E-state index in [0.29, 0.717) is 23.5 Å². The predicted octanol–water partition coefficient (Wildman–Crippen LogP) is 7.84. The zero-order valence-electron chi connectivity index (χ0n) is 23.1. The van der Waals surface area contributed by atoms with Crippen LogP contribution in [0, 0.1) is 0 Å². The minimum absolute atomic E-state index is 0.0258. The molecule has 194 valence electrons. The van der Waals surface area contributed by atoms with Crippen LogP contribution in [0.2, 0.25) is 0 Å². The third-order valence-corrected chi connectivity index (χ3v) is 7.81. The van der Waals surface area contributed by atoms with E-state index in [0.717, 1.165) is 18.4 Å². The molecule has 0 amide bonds. The first kappa shape index (κ1) is 26.7. The third kappa shape index (κ3) is 5.49. The van der Waals surface area contributed by atoms with Gasteiger partial charge in [0.15, 0.2) is 5.78 Å². The maximum Gasteiger partial charge on any atom is 0.335 e. The van der Waals surface area contributed by atoms with Gasteiger partial charge in [0.1, 0.15) is 12.4 Å². The lowest BCUT2D eigenvalue weighted by molar-refractivity contribution is 0.0696. The van der Waals surface area contributed by atoms with Gasteiger partial charge in [0, 0.05) is 5.56 Å². The van der Waals surface area contributed by atoms with Crippen LogP contribution in [0.25, 0.3) is 0 Å². The van der Waals surface area contributed by atoms with Gasteiger partial charge in [0.2, 0.25) is 0 Å². The van der Waals surface area contributed by atoms with Crippen molar-refractivity contribution in [1.82, 2.24) is 0 Å². The van der Waals surface area contributed by atoms with E-state index < -0.39 is 5.97 Å². The molecular weight excluding hydrogens is 460 g/mol. The van der Waals surface area contributed by atoms with Gasteiger partial charge >= 0.3 is 5.97 Å². The molecule has 3 aromatic rings. The summed E-state index contributed by atoms with van der Waals surface area (Å²) in [6.45, 7) is 15.9. The molecule has 4 nitrogen and oxygen atoms in total. The van der Waals surface area contributed by atoms with Crippen molar-refractivity contribution in [3.63, 3.8) is 0 Å². The van der Waals surface area contributed by atoms with Crippen molar-refractivity contribution in [2.24, 2.45) is 0 Å². The lowest BCUT2D eigenvalue weighted by Gasteiger charge is -2.42. The Bertz CT molecular complexity index is 1320. The van der Waals surface area contributed by atoms with Crippen molar-refractivity contribution >= 4 is 11.8 Å². The Morgan fingerprint density at radius 1 is 0.811 bits per heavy atom. The molecule has 0 aromatic heterocycles. The molecular formula is C33H38O4. The van der Waals surface area contributed by atoms with Crippen LogP contribution in [0.3, 0.4) is 0 Å². The molecule has 1 N–H and O–H groups in total. The topological polar surface area (TPSA) is 63.6 Å². The van der Waals surface area contributed by atoms with Crippen LogP contribution in [0.15, 0.2) is 60.7 Å². The largest absolute Gasteiger partial charge is 0.488 e. The highest BCUT2D eigenvalue weighted by Crippen LogP contribution is 2.48. The SMILES string of the molecule is CC(C)(C)c1ccc(COc2cc3c(cc2C(=O)c2ccc(C(=O)O)cc2)C(C)(C)CCC3(C)C)cc1. The number of fused-ring (bicyclic) bond motifs is 1. The molecule has 4 rings (SSSR count). The van der Waals surface area contributed by atoms with Crippen molar-refractivity contribution in [3.8, 4) is 5.75 Å². The number of ketones is 1. The van der Waals surface area contributed by atoms with E-state index in [1.165, 1.54) is 28.8 Å². The van der Waals surface area contributed by atoms with E-state index in [1.807, 2.05) is 6.07 Å². The first-order valence-corrected chi connectivity index (χ1v) is 13.0. The summed E-state index contributed by atoms with van der Waals surface area (Å²) in [7, 11) is 0. The number of hydrogen-bond donors (Lipinski definition) is 1. The maximum absolute atomic E-state index is 13.7. The highest BCUT2D eigenvalue weighted by Gasteiger charge is 2.38. The van der Waals surface area contributed by atoms with Crippen molar-refractivity contribution in [2.75, 3.05) is 0 Å². The van der Waals surface area contributed by atoms with Gasteiger partial charge in [-0.25, -0.2) is 4.79 Å². The Morgan fingerprint density at radius 2 is 1.32 bits per heavy atom.